The molecule has 1 atom stereocenters. The minimum Gasteiger partial charge on any atom is -0.495 e. The summed E-state index contributed by atoms with van der Waals surface area (Å²) in [6, 6.07) is 10.8. The number of aryl methyl sites for hydroxylation is 1. The highest BCUT2D eigenvalue weighted by molar-refractivity contribution is 6.31. The van der Waals surface area contributed by atoms with E-state index in [0.29, 0.717) is 28.0 Å². The van der Waals surface area contributed by atoms with Gasteiger partial charge in [0.1, 0.15) is 5.75 Å². The number of methoxy groups -OCH3 is 1. The van der Waals surface area contributed by atoms with Crippen molar-refractivity contribution >= 4 is 34.8 Å². The Morgan fingerprint density at radius 3 is 2.48 bits per heavy atom. The second kappa shape index (κ2) is 8.56. The SMILES string of the molecule is COc1cc(Cl)c(C)cc1NC(=O)C(C)N(C)Cc1ccc(Cl)cc1. The smallest absolute Gasteiger partial charge is 0.241 e. The third-order valence-corrected chi connectivity index (χ3v) is 4.78. The van der Waals surface area contributed by atoms with Gasteiger partial charge in [-0.25, -0.2) is 0 Å². The number of nitrogens with zero attached hydrogens (tertiary/aromatic N) is 1. The normalized spacial score (nSPS) is 12.1. The number of benzene rings is 2. The van der Waals surface area contributed by atoms with Crippen LogP contribution in [0.2, 0.25) is 10.0 Å². The van der Waals surface area contributed by atoms with Crippen LogP contribution in [0.1, 0.15) is 18.1 Å². The maximum atomic E-state index is 12.6. The second-order valence-corrected chi connectivity index (χ2v) is 6.85. The Morgan fingerprint density at radius 1 is 1.24 bits per heavy atom. The number of halogens is 2. The summed E-state index contributed by atoms with van der Waals surface area (Å²) in [4.78, 5) is 14.6. The van der Waals surface area contributed by atoms with Crippen LogP contribution in [0.15, 0.2) is 36.4 Å². The highest BCUT2D eigenvalue weighted by atomic mass is 35.5. The van der Waals surface area contributed by atoms with Gasteiger partial charge in [0.05, 0.1) is 18.8 Å². The van der Waals surface area contributed by atoms with Gasteiger partial charge in [0, 0.05) is 22.7 Å². The molecular formula is C19H22Cl2N2O2. The molecular weight excluding hydrogens is 359 g/mol. The molecule has 1 amide bonds. The fourth-order valence-electron chi connectivity index (χ4n) is 2.38. The third kappa shape index (κ3) is 5.11. The Morgan fingerprint density at radius 2 is 1.88 bits per heavy atom. The zero-order valence-corrected chi connectivity index (χ0v) is 16.3. The van der Waals surface area contributed by atoms with Crippen molar-refractivity contribution in [2.75, 3.05) is 19.5 Å². The first kappa shape index (κ1) is 19.6. The summed E-state index contributed by atoms with van der Waals surface area (Å²) >= 11 is 12.0. The average molecular weight is 381 g/mol. The van der Waals surface area contributed by atoms with Gasteiger partial charge in [0.25, 0.3) is 0 Å². The second-order valence-electron chi connectivity index (χ2n) is 6.01. The van der Waals surface area contributed by atoms with Gasteiger partial charge in [0.15, 0.2) is 0 Å². The van der Waals surface area contributed by atoms with E-state index in [4.69, 9.17) is 27.9 Å². The summed E-state index contributed by atoms with van der Waals surface area (Å²) in [6.07, 6.45) is 0. The van der Waals surface area contributed by atoms with Gasteiger partial charge in [-0.3, -0.25) is 9.69 Å². The molecule has 25 heavy (non-hydrogen) atoms. The van der Waals surface area contributed by atoms with E-state index in [0.717, 1.165) is 11.1 Å². The minimum absolute atomic E-state index is 0.114. The molecule has 0 aliphatic heterocycles. The lowest BCUT2D eigenvalue weighted by Crippen LogP contribution is -2.39. The fourth-order valence-corrected chi connectivity index (χ4v) is 2.66. The Hall–Kier alpha value is -1.75. The van der Waals surface area contributed by atoms with Gasteiger partial charge < -0.3 is 10.1 Å². The zero-order valence-electron chi connectivity index (χ0n) is 14.8. The molecule has 6 heteroatoms. The molecule has 0 heterocycles. The molecule has 1 N–H and O–H groups in total. The quantitative estimate of drug-likeness (QED) is 0.784. The summed E-state index contributed by atoms with van der Waals surface area (Å²) in [7, 11) is 3.45. The fraction of sp³-hybridized carbons (Fsp3) is 0.316. The van der Waals surface area contributed by atoms with Gasteiger partial charge in [-0.15, -0.1) is 0 Å². The number of likely N-dealkylation sites (N-methyl/N-ethyl adjacent to an activating group) is 1. The number of hydrogen-bond donors (Lipinski definition) is 1. The molecule has 0 saturated heterocycles. The zero-order chi connectivity index (χ0) is 18.6. The van der Waals surface area contributed by atoms with E-state index in [1.807, 2.05) is 56.1 Å². The van der Waals surface area contributed by atoms with E-state index in [1.54, 1.807) is 13.2 Å². The molecule has 0 bridgehead atoms. The summed E-state index contributed by atoms with van der Waals surface area (Å²) in [5.74, 6) is 0.424. The molecule has 2 rings (SSSR count). The van der Waals surface area contributed by atoms with Crippen LogP contribution < -0.4 is 10.1 Å². The molecule has 0 fully saturated rings. The lowest BCUT2D eigenvalue weighted by atomic mass is 10.1. The van der Waals surface area contributed by atoms with Crippen molar-refractivity contribution in [3.63, 3.8) is 0 Å². The van der Waals surface area contributed by atoms with Crippen molar-refractivity contribution in [2.45, 2.75) is 26.4 Å². The van der Waals surface area contributed by atoms with Crippen molar-refractivity contribution in [3.8, 4) is 5.75 Å². The van der Waals surface area contributed by atoms with Crippen molar-refractivity contribution in [2.24, 2.45) is 0 Å². The van der Waals surface area contributed by atoms with Crippen LogP contribution in [0, 0.1) is 6.92 Å². The molecule has 0 saturated carbocycles. The summed E-state index contributed by atoms with van der Waals surface area (Å²) < 4.78 is 5.30. The molecule has 0 spiro atoms. The molecule has 1 unspecified atom stereocenters. The molecule has 0 radical (unpaired) electrons. The topological polar surface area (TPSA) is 41.6 Å². The first-order valence-electron chi connectivity index (χ1n) is 7.91. The molecule has 2 aromatic rings. The van der Waals surface area contributed by atoms with Crippen LogP contribution in [0.25, 0.3) is 0 Å². The molecule has 4 nitrogen and oxygen atoms in total. The number of anilines is 1. The van der Waals surface area contributed by atoms with Crippen LogP contribution >= 0.6 is 23.2 Å². The van der Waals surface area contributed by atoms with Crippen LogP contribution in [-0.2, 0) is 11.3 Å². The van der Waals surface area contributed by atoms with Crippen molar-refractivity contribution in [1.82, 2.24) is 4.90 Å². The van der Waals surface area contributed by atoms with Gasteiger partial charge in [0.2, 0.25) is 5.91 Å². The maximum Gasteiger partial charge on any atom is 0.241 e. The molecule has 0 aliphatic rings. The number of rotatable bonds is 6. The highest BCUT2D eigenvalue weighted by Crippen LogP contribution is 2.31. The average Bonchev–Trinajstić information content (AvgIpc) is 2.59. The minimum atomic E-state index is -0.323. The summed E-state index contributed by atoms with van der Waals surface area (Å²) in [5, 5.41) is 4.22. The van der Waals surface area contributed by atoms with E-state index < -0.39 is 0 Å². The predicted molar refractivity (Wildman–Crippen MR) is 104 cm³/mol. The summed E-state index contributed by atoms with van der Waals surface area (Å²) in [6.45, 7) is 4.39. The van der Waals surface area contributed by atoms with Crippen molar-refractivity contribution < 1.29 is 9.53 Å². The van der Waals surface area contributed by atoms with Gasteiger partial charge in [-0.1, -0.05) is 35.3 Å². The van der Waals surface area contributed by atoms with E-state index in [2.05, 4.69) is 5.32 Å². The van der Waals surface area contributed by atoms with E-state index in [9.17, 15) is 4.79 Å². The van der Waals surface area contributed by atoms with E-state index in [1.165, 1.54) is 0 Å². The third-order valence-electron chi connectivity index (χ3n) is 4.12. The summed E-state index contributed by atoms with van der Waals surface area (Å²) in [5.41, 5.74) is 2.58. The molecule has 134 valence electrons. The number of nitrogens with one attached hydrogen (secondary N) is 1. The number of amides is 1. The standard InChI is InChI=1S/C19H22Cl2N2O2/c1-12-9-17(18(25-4)10-16(12)21)22-19(24)13(2)23(3)11-14-5-7-15(20)8-6-14/h5-10,13H,11H2,1-4H3,(H,22,24). The van der Waals surface area contributed by atoms with Crippen LogP contribution in [0.3, 0.4) is 0 Å². The number of ether oxygens (including phenoxy) is 1. The number of carbonyl (C=O) groups is 1. The first-order valence-corrected chi connectivity index (χ1v) is 8.67. The molecule has 0 aromatic heterocycles. The number of carbonyl (C=O) groups excluding carboxylic acids is 1. The Labute approximate surface area is 158 Å². The van der Waals surface area contributed by atoms with Crippen molar-refractivity contribution in [1.29, 1.82) is 0 Å². The van der Waals surface area contributed by atoms with Crippen molar-refractivity contribution in [3.05, 3.63) is 57.6 Å². The van der Waals surface area contributed by atoms with Crippen LogP contribution in [0.5, 0.6) is 5.75 Å². The van der Waals surface area contributed by atoms with Crippen LogP contribution in [-0.4, -0.2) is 31.0 Å². The van der Waals surface area contributed by atoms with E-state index >= 15 is 0 Å². The predicted octanol–water partition coefficient (Wildman–Crippen LogP) is 4.77. The molecule has 0 aliphatic carbocycles. The Kier molecular flexibility index (Phi) is 6.71. The monoisotopic (exact) mass is 380 g/mol. The molecule has 2 aromatic carbocycles. The van der Waals surface area contributed by atoms with Gasteiger partial charge in [-0.2, -0.15) is 0 Å². The number of hydrogen-bond acceptors (Lipinski definition) is 3. The van der Waals surface area contributed by atoms with Gasteiger partial charge in [-0.05, 0) is 50.2 Å². The highest BCUT2D eigenvalue weighted by Gasteiger charge is 2.20. The Balaban J connectivity index is 2.07. The lowest BCUT2D eigenvalue weighted by Gasteiger charge is -2.24. The van der Waals surface area contributed by atoms with Gasteiger partial charge >= 0.3 is 0 Å². The maximum absolute atomic E-state index is 12.6. The van der Waals surface area contributed by atoms with Crippen LogP contribution in [0.4, 0.5) is 5.69 Å². The lowest BCUT2D eigenvalue weighted by molar-refractivity contribution is -0.120. The van der Waals surface area contributed by atoms with E-state index in [-0.39, 0.29) is 11.9 Å². The largest absolute Gasteiger partial charge is 0.495 e. The Bertz CT molecular complexity index is 748. The first-order chi connectivity index (χ1) is 11.8.